The molecule has 0 bridgehead atoms. The number of carboxylic acids is 2. The molecular weight excluding hydrogens is 523 g/mol. The Balaban J connectivity index is 0.000000414. The zero-order valence-corrected chi connectivity index (χ0v) is 21.3. The van der Waals surface area contributed by atoms with Gasteiger partial charge in [-0.05, 0) is 49.4 Å². The van der Waals surface area contributed by atoms with E-state index in [9.17, 15) is 19.2 Å². The van der Waals surface area contributed by atoms with E-state index in [0.717, 1.165) is 49.9 Å². The van der Waals surface area contributed by atoms with Crippen molar-refractivity contribution >= 4 is 51.7 Å². The van der Waals surface area contributed by atoms with Gasteiger partial charge in [0.25, 0.3) is 5.56 Å². The number of nitrogens with one attached hydrogen (secondary N) is 1. The van der Waals surface area contributed by atoms with E-state index in [0.29, 0.717) is 34.6 Å². The van der Waals surface area contributed by atoms with Crippen molar-refractivity contribution in [3.8, 4) is 0 Å². The Morgan fingerprint density at radius 3 is 2.16 bits per heavy atom. The van der Waals surface area contributed by atoms with Crippen LogP contribution in [-0.4, -0.2) is 69.3 Å². The van der Waals surface area contributed by atoms with Crippen molar-refractivity contribution in [3.63, 3.8) is 0 Å². The van der Waals surface area contributed by atoms with Crippen LogP contribution in [0.4, 0.5) is 5.69 Å². The van der Waals surface area contributed by atoms with Crippen LogP contribution in [0.15, 0.2) is 64.2 Å². The Morgan fingerprint density at radius 2 is 1.54 bits per heavy atom. The number of H-pyrrole nitrogens is 1. The minimum atomic E-state index is -1.26. The lowest BCUT2D eigenvalue weighted by molar-refractivity contribution is -0.134. The second-order valence-corrected chi connectivity index (χ2v) is 9.12. The topological polar surface area (TPSA) is 136 Å². The summed E-state index contributed by atoms with van der Waals surface area (Å²) in [7, 11) is 0. The molecule has 0 saturated carbocycles. The molecule has 1 fully saturated rings. The first-order valence-electron chi connectivity index (χ1n) is 11.4. The number of aliphatic carboxylic acids is 2. The lowest BCUT2D eigenvalue weighted by Gasteiger charge is -2.36. The highest BCUT2D eigenvalue weighted by atomic mass is 35.5. The number of aromatic nitrogens is 2. The molecule has 3 N–H and O–H groups in total. The summed E-state index contributed by atoms with van der Waals surface area (Å²) in [6.07, 6.45) is 1.84. The van der Waals surface area contributed by atoms with Gasteiger partial charge in [-0.3, -0.25) is 14.3 Å². The minimum absolute atomic E-state index is 0.294. The molecule has 3 aromatic rings. The highest BCUT2D eigenvalue weighted by Crippen LogP contribution is 2.20. The molecule has 10 nitrogen and oxygen atoms in total. The summed E-state index contributed by atoms with van der Waals surface area (Å²) >= 11 is 12.1. The number of piperazine rings is 1. The predicted molar refractivity (Wildman–Crippen MR) is 143 cm³/mol. The van der Waals surface area contributed by atoms with E-state index in [1.807, 2.05) is 18.2 Å². The molecule has 1 saturated heterocycles. The molecule has 0 atom stereocenters. The van der Waals surface area contributed by atoms with Crippen LogP contribution < -0.4 is 16.1 Å². The van der Waals surface area contributed by atoms with Gasteiger partial charge in [0.05, 0.1) is 10.9 Å². The molecule has 37 heavy (non-hydrogen) atoms. The maximum atomic E-state index is 12.7. The van der Waals surface area contributed by atoms with Gasteiger partial charge < -0.3 is 20.1 Å². The summed E-state index contributed by atoms with van der Waals surface area (Å²) in [6, 6.07) is 12.8. The number of anilines is 1. The lowest BCUT2D eigenvalue weighted by Crippen LogP contribution is -2.47. The smallest absolute Gasteiger partial charge is 0.328 e. The third kappa shape index (κ3) is 8.21. The Kier molecular flexibility index (Phi) is 9.90. The lowest BCUT2D eigenvalue weighted by atomic mass is 10.2. The molecule has 2 heterocycles. The Hall–Kier alpha value is -3.60. The molecule has 4 rings (SSSR count). The molecule has 1 aliphatic rings. The Morgan fingerprint density at radius 1 is 0.892 bits per heavy atom. The molecule has 0 spiro atoms. The van der Waals surface area contributed by atoms with Crippen LogP contribution in [0.3, 0.4) is 0 Å². The van der Waals surface area contributed by atoms with E-state index < -0.39 is 11.9 Å². The number of halogens is 2. The number of carbonyl (C=O) groups is 2. The molecule has 0 aliphatic carbocycles. The number of hydrogen-bond donors (Lipinski definition) is 3. The van der Waals surface area contributed by atoms with Crippen molar-refractivity contribution in [1.82, 2.24) is 14.5 Å². The Labute approximate surface area is 222 Å². The van der Waals surface area contributed by atoms with Crippen molar-refractivity contribution in [1.29, 1.82) is 0 Å². The first-order chi connectivity index (χ1) is 17.6. The fraction of sp³-hybridized carbons (Fsp3) is 0.280. The first kappa shape index (κ1) is 28.0. The van der Waals surface area contributed by atoms with Gasteiger partial charge in [0, 0.05) is 60.6 Å². The van der Waals surface area contributed by atoms with Crippen molar-refractivity contribution in [2.24, 2.45) is 0 Å². The van der Waals surface area contributed by atoms with E-state index in [4.69, 9.17) is 33.4 Å². The zero-order chi connectivity index (χ0) is 26.9. The number of rotatable bonds is 7. The number of benzene rings is 2. The number of carboxylic acid groups (broad SMARTS) is 2. The molecule has 12 heteroatoms. The maximum Gasteiger partial charge on any atom is 0.328 e. The van der Waals surface area contributed by atoms with Gasteiger partial charge in [0.1, 0.15) is 0 Å². The summed E-state index contributed by atoms with van der Waals surface area (Å²) in [5.41, 5.74) is 0.982. The number of hydrogen-bond acceptors (Lipinski definition) is 6. The van der Waals surface area contributed by atoms with E-state index in [-0.39, 0.29) is 11.2 Å². The van der Waals surface area contributed by atoms with Gasteiger partial charge in [-0.1, -0.05) is 29.3 Å². The van der Waals surface area contributed by atoms with Gasteiger partial charge in [-0.25, -0.2) is 14.4 Å². The van der Waals surface area contributed by atoms with E-state index in [2.05, 4.69) is 20.9 Å². The fourth-order valence-corrected chi connectivity index (χ4v) is 4.28. The van der Waals surface area contributed by atoms with E-state index in [1.165, 1.54) is 4.57 Å². The van der Waals surface area contributed by atoms with Crippen molar-refractivity contribution < 1.29 is 19.8 Å². The molecule has 0 radical (unpaired) electrons. The van der Waals surface area contributed by atoms with Crippen molar-refractivity contribution in [3.05, 3.63) is 85.5 Å². The molecule has 196 valence electrons. The van der Waals surface area contributed by atoms with Crippen LogP contribution in [0.25, 0.3) is 10.9 Å². The van der Waals surface area contributed by atoms with E-state index >= 15 is 0 Å². The van der Waals surface area contributed by atoms with Gasteiger partial charge >= 0.3 is 17.6 Å². The molecule has 0 unspecified atom stereocenters. The van der Waals surface area contributed by atoms with Crippen molar-refractivity contribution in [2.75, 3.05) is 37.6 Å². The van der Waals surface area contributed by atoms with Crippen LogP contribution in [0.5, 0.6) is 0 Å². The van der Waals surface area contributed by atoms with E-state index in [1.54, 1.807) is 18.2 Å². The Bertz CT molecular complexity index is 1390. The average Bonchev–Trinajstić information content (AvgIpc) is 2.86. The summed E-state index contributed by atoms with van der Waals surface area (Å²) in [5.74, 6) is -2.51. The van der Waals surface area contributed by atoms with Gasteiger partial charge in [0.15, 0.2) is 0 Å². The summed E-state index contributed by atoms with van der Waals surface area (Å²) in [5, 5.41) is 17.3. The third-order valence-electron chi connectivity index (χ3n) is 5.71. The van der Waals surface area contributed by atoms with Crippen LogP contribution in [0.2, 0.25) is 10.0 Å². The number of nitrogens with zero attached hydrogens (tertiary/aromatic N) is 3. The summed E-state index contributed by atoms with van der Waals surface area (Å²) in [6.45, 7) is 4.94. The minimum Gasteiger partial charge on any atom is -0.478 e. The third-order valence-corrected chi connectivity index (χ3v) is 6.18. The van der Waals surface area contributed by atoms with Gasteiger partial charge in [-0.15, -0.1) is 0 Å². The molecule has 1 aromatic heterocycles. The SMILES string of the molecule is O=C(O)/C=C\C(=O)O.O=c1[nH]c2ccc(Cl)cc2c(=O)n1CCCN1CCN(c2cccc(Cl)c2)CC1. The standard InChI is InChI=1S/C21H22Cl2N4O2.C4H4O4/c22-15-3-1-4-17(13-15)26-11-9-25(10-12-26)7-2-8-27-20(28)18-14-16(23)5-6-19(18)24-21(27)29;5-3(6)1-2-4(7)8/h1,3-6,13-14H,2,7-12H2,(H,24,29);1-2H,(H,5,6)(H,7,8)/b;2-1-. The van der Waals surface area contributed by atoms with Crippen LogP contribution in [0, 0.1) is 0 Å². The van der Waals surface area contributed by atoms with Gasteiger partial charge in [0.2, 0.25) is 0 Å². The number of aromatic amines is 1. The average molecular weight is 549 g/mol. The highest BCUT2D eigenvalue weighted by molar-refractivity contribution is 6.31. The largest absolute Gasteiger partial charge is 0.478 e. The van der Waals surface area contributed by atoms with Crippen LogP contribution in [0.1, 0.15) is 6.42 Å². The highest BCUT2D eigenvalue weighted by Gasteiger charge is 2.17. The van der Waals surface area contributed by atoms with Crippen LogP contribution in [-0.2, 0) is 16.1 Å². The summed E-state index contributed by atoms with van der Waals surface area (Å²) in [4.78, 5) is 51.5. The molecule has 0 amide bonds. The second kappa shape index (κ2) is 13.1. The summed E-state index contributed by atoms with van der Waals surface area (Å²) < 4.78 is 1.26. The molecule has 2 aromatic carbocycles. The fourth-order valence-electron chi connectivity index (χ4n) is 3.92. The molecular formula is C25H26Cl2N4O6. The first-order valence-corrected chi connectivity index (χ1v) is 12.2. The predicted octanol–water partition coefficient (Wildman–Crippen LogP) is 2.92. The quantitative estimate of drug-likeness (QED) is 0.383. The zero-order valence-electron chi connectivity index (χ0n) is 19.8. The normalized spacial score (nSPS) is 13.9. The second-order valence-electron chi connectivity index (χ2n) is 8.25. The maximum absolute atomic E-state index is 12.7. The monoisotopic (exact) mass is 548 g/mol. The van der Waals surface area contributed by atoms with Gasteiger partial charge in [-0.2, -0.15) is 0 Å². The van der Waals surface area contributed by atoms with Crippen molar-refractivity contribution in [2.45, 2.75) is 13.0 Å². The van der Waals surface area contributed by atoms with Crippen LogP contribution >= 0.6 is 23.2 Å². The number of fused-ring (bicyclic) bond motifs is 1. The molecule has 1 aliphatic heterocycles.